The highest BCUT2D eigenvalue weighted by atomic mass is 32.1. The first-order chi connectivity index (χ1) is 16.3. The van der Waals surface area contributed by atoms with Crippen LogP contribution in [0, 0.1) is 0 Å². The van der Waals surface area contributed by atoms with E-state index in [4.69, 9.17) is 4.52 Å². The summed E-state index contributed by atoms with van der Waals surface area (Å²) in [4.78, 5) is 22.8. The van der Waals surface area contributed by atoms with Crippen LogP contribution in [0.4, 0.5) is 0 Å². The Morgan fingerprint density at radius 3 is 2.39 bits per heavy atom. The maximum atomic E-state index is 12.9. The van der Waals surface area contributed by atoms with E-state index in [0.717, 1.165) is 67.1 Å². The molecule has 3 heterocycles. The lowest BCUT2D eigenvalue weighted by atomic mass is 10.0. The topological polar surface area (TPSA) is 62.5 Å². The summed E-state index contributed by atoms with van der Waals surface area (Å²) in [6.07, 6.45) is 1.73. The normalized spacial score (nSPS) is 14.5. The molecule has 6 nitrogen and oxygen atoms in total. The number of hydrogen-bond acceptors (Lipinski definition) is 6. The van der Waals surface area contributed by atoms with Crippen molar-refractivity contribution >= 4 is 17.2 Å². The zero-order valence-electron chi connectivity index (χ0n) is 18.4. The number of amides is 1. The van der Waals surface area contributed by atoms with Crippen molar-refractivity contribution in [3.05, 3.63) is 83.6 Å². The van der Waals surface area contributed by atoms with Crippen molar-refractivity contribution in [1.29, 1.82) is 0 Å². The molecule has 2 aromatic carbocycles. The van der Waals surface area contributed by atoms with Gasteiger partial charge in [0.1, 0.15) is 0 Å². The molecule has 0 spiro atoms. The summed E-state index contributed by atoms with van der Waals surface area (Å²) >= 11 is 1.61. The molecule has 2 aromatic heterocycles. The van der Waals surface area contributed by atoms with Gasteiger partial charge in [-0.3, -0.25) is 9.69 Å². The number of aryl methyl sites for hydroxylation is 1. The van der Waals surface area contributed by atoms with Crippen molar-refractivity contribution in [1.82, 2.24) is 19.9 Å². The Morgan fingerprint density at radius 2 is 1.67 bits per heavy atom. The van der Waals surface area contributed by atoms with Crippen LogP contribution in [-0.2, 0) is 6.42 Å². The van der Waals surface area contributed by atoms with Crippen LogP contribution in [0.1, 0.15) is 22.7 Å². The van der Waals surface area contributed by atoms with Gasteiger partial charge in [0, 0.05) is 38.2 Å². The van der Waals surface area contributed by atoms with Crippen LogP contribution in [0.3, 0.4) is 0 Å². The lowest BCUT2D eigenvalue weighted by molar-refractivity contribution is 0.0635. The molecule has 0 atom stereocenters. The lowest BCUT2D eigenvalue weighted by Crippen LogP contribution is -2.48. The molecule has 1 saturated heterocycles. The number of nitrogens with zero attached hydrogens (tertiary/aromatic N) is 4. The Labute approximate surface area is 197 Å². The van der Waals surface area contributed by atoms with Crippen molar-refractivity contribution in [3.8, 4) is 21.8 Å². The van der Waals surface area contributed by atoms with Crippen LogP contribution in [0.2, 0.25) is 0 Å². The molecule has 33 heavy (non-hydrogen) atoms. The Hall–Kier alpha value is -3.29. The van der Waals surface area contributed by atoms with E-state index < -0.39 is 0 Å². The molecule has 0 aliphatic carbocycles. The van der Waals surface area contributed by atoms with Crippen molar-refractivity contribution < 1.29 is 9.32 Å². The lowest BCUT2D eigenvalue weighted by Gasteiger charge is -2.34. The van der Waals surface area contributed by atoms with E-state index >= 15 is 0 Å². The van der Waals surface area contributed by atoms with Gasteiger partial charge in [0.2, 0.25) is 11.7 Å². The Bertz CT molecular complexity index is 1160. The average molecular weight is 459 g/mol. The number of hydrogen-bond donors (Lipinski definition) is 0. The first kappa shape index (κ1) is 21.6. The van der Waals surface area contributed by atoms with Gasteiger partial charge in [-0.2, -0.15) is 4.98 Å². The van der Waals surface area contributed by atoms with Gasteiger partial charge < -0.3 is 9.42 Å². The maximum Gasteiger partial charge on any atom is 0.253 e. The second kappa shape index (κ2) is 10.1. The molecule has 0 radical (unpaired) electrons. The van der Waals surface area contributed by atoms with E-state index in [-0.39, 0.29) is 5.91 Å². The smallest absolute Gasteiger partial charge is 0.253 e. The SMILES string of the molecule is O=C(c1ccc(-c2ccccc2)cc1)N1CCN(CCCc2nc(-c3cccs3)no2)CC1. The molecule has 0 bridgehead atoms. The largest absolute Gasteiger partial charge is 0.339 e. The summed E-state index contributed by atoms with van der Waals surface area (Å²) in [6.45, 7) is 4.24. The summed E-state index contributed by atoms with van der Waals surface area (Å²) < 4.78 is 5.39. The highest BCUT2D eigenvalue weighted by Gasteiger charge is 2.22. The molecule has 1 aliphatic rings. The van der Waals surface area contributed by atoms with Gasteiger partial charge in [0.15, 0.2) is 0 Å². The van der Waals surface area contributed by atoms with Crippen molar-refractivity contribution in [2.24, 2.45) is 0 Å². The molecular weight excluding hydrogens is 432 g/mol. The number of benzene rings is 2. The number of carbonyl (C=O) groups is 1. The van der Waals surface area contributed by atoms with Crippen molar-refractivity contribution in [3.63, 3.8) is 0 Å². The third-order valence-electron chi connectivity index (χ3n) is 5.97. The number of carbonyl (C=O) groups excluding carboxylic acids is 1. The first-order valence-electron chi connectivity index (χ1n) is 11.3. The fraction of sp³-hybridized carbons (Fsp3) is 0.269. The van der Waals surface area contributed by atoms with Gasteiger partial charge in [0.25, 0.3) is 5.91 Å². The second-order valence-corrected chi connectivity index (χ2v) is 9.12. The fourth-order valence-electron chi connectivity index (χ4n) is 4.11. The van der Waals surface area contributed by atoms with Crippen LogP contribution in [-0.4, -0.2) is 58.6 Å². The number of piperazine rings is 1. The maximum absolute atomic E-state index is 12.9. The summed E-state index contributed by atoms with van der Waals surface area (Å²) in [6, 6.07) is 22.1. The van der Waals surface area contributed by atoms with Crippen molar-refractivity contribution in [2.45, 2.75) is 12.8 Å². The quantitative estimate of drug-likeness (QED) is 0.396. The van der Waals surface area contributed by atoms with E-state index in [1.54, 1.807) is 11.3 Å². The van der Waals surface area contributed by atoms with E-state index in [2.05, 4.69) is 27.2 Å². The minimum absolute atomic E-state index is 0.112. The standard InChI is InChI=1S/C26H26N4O2S/c31-26(22-12-10-21(11-13-22)20-6-2-1-3-7-20)30-17-15-29(16-18-30)14-4-9-24-27-25(28-32-24)23-8-5-19-33-23/h1-3,5-8,10-13,19H,4,9,14-18H2. The van der Waals surface area contributed by atoms with Crippen LogP contribution < -0.4 is 0 Å². The monoisotopic (exact) mass is 458 g/mol. The summed E-state index contributed by atoms with van der Waals surface area (Å²) in [5, 5.41) is 6.08. The van der Waals surface area contributed by atoms with Crippen LogP contribution in [0.25, 0.3) is 21.8 Å². The molecule has 5 rings (SSSR count). The summed E-state index contributed by atoms with van der Waals surface area (Å²) in [5.41, 5.74) is 3.04. The molecule has 168 valence electrons. The molecule has 0 saturated carbocycles. The molecule has 1 amide bonds. The fourth-order valence-corrected chi connectivity index (χ4v) is 4.76. The molecular formula is C26H26N4O2S. The van der Waals surface area contributed by atoms with Gasteiger partial charge in [-0.05, 0) is 47.7 Å². The van der Waals surface area contributed by atoms with Gasteiger partial charge in [0.05, 0.1) is 4.88 Å². The summed E-state index contributed by atoms with van der Waals surface area (Å²) in [7, 11) is 0. The average Bonchev–Trinajstić information content (AvgIpc) is 3.57. The zero-order chi connectivity index (χ0) is 22.5. The minimum atomic E-state index is 0.112. The van der Waals surface area contributed by atoms with E-state index in [9.17, 15) is 4.79 Å². The predicted molar refractivity (Wildman–Crippen MR) is 130 cm³/mol. The first-order valence-corrected chi connectivity index (χ1v) is 12.2. The number of rotatable bonds is 7. The van der Waals surface area contributed by atoms with Gasteiger partial charge in [-0.1, -0.05) is 53.7 Å². The van der Waals surface area contributed by atoms with Gasteiger partial charge in [-0.15, -0.1) is 11.3 Å². The number of aromatic nitrogens is 2. The molecule has 0 unspecified atom stereocenters. The van der Waals surface area contributed by atoms with E-state index in [1.807, 2.05) is 64.9 Å². The Morgan fingerprint density at radius 1 is 0.909 bits per heavy atom. The minimum Gasteiger partial charge on any atom is -0.339 e. The molecule has 4 aromatic rings. The zero-order valence-corrected chi connectivity index (χ0v) is 19.2. The Balaban J connectivity index is 1.07. The number of thiophene rings is 1. The molecule has 7 heteroatoms. The molecule has 0 N–H and O–H groups in total. The summed E-state index contributed by atoms with van der Waals surface area (Å²) in [5.74, 6) is 1.47. The third kappa shape index (κ3) is 5.21. The van der Waals surface area contributed by atoms with Gasteiger partial charge in [-0.25, -0.2) is 0 Å². The molecule has 1 aliphatic heterocycles. The third-order valence-corrected chi connectivity index (χ3v) is 6.84. The highest BCUT2D eigenvalue weighted by molar-refractivity contribution is 7.13. The van der Waals surface area contributed by atoms with Gasteiger partial charge >= 0.3 is 0 Å². The molecule has 1 fully saturated rings. The van der Waals surface area contributed by atoms with E-state index in [0.29, 0.717) is 11.7 Å². The van der Waals surface area contributed by atoms with E-state index in [1.165, 1.54) is 0 Å². The van der Waals surface area contributed by atoms with Crippen LogP contribution in [0.5, 0.6) is 0 Å². The predicted octanol–water partition coefficient (Wildman–Crippen LogP) is 4.86. The highest BCUT2D eigenvalue weighted by Crippen LogP contribution is 2.22. The van der Waals surface area contributed by atoms with Crippen LogP contribution >= 0.6 is 11.3 Å². The van der Waals surface area contributed by atoms with Crippen molar-refractivity contribution in [2.75, 3.05) is 32.7 Å². The Kier molecular flexibility index (Phi) is 6.60. The second-order valence-electron chi connectivity index (χ2n) is 8.17. The van der Waals surface area contributed by atoms with Crippen LogP contribution in [0.15, 0.2) is 76.6 Å².